The molecule has 0 aromatic carbocycles. The van der Waals surface area contributed by atoms with Crippen LogP contribution in [0.3, 0.4) is 0 Å². The van der Waals surface area contributed by atoms with Gasteiger partial charge in [0, 0.05) is 12.0 Å². The number of terminal acetylenes is 1. The first kappa shape index (κ1) is 34.1. The summed E-state index contributed by atoms with van der Waals surface area (Å²) >= 11 is 0. The van der Waals surface area contributed by atoms with Gasteiger partial charge in [-0.25, -0.2) is 0 Å². The van der Waals surface area contributed by atoms with E-state index in [1.165, 1.54) is 33.4 Å². The van der Waals surface area contributed by atoms with E-state index in [9.17, 15) is 0 Å². The second-order valence-electron chi connectivity index (χ2n) is 8.48. The minimum absolute atomic E-state index is 0.815. The van der Waals surface area contributed by atoms with Crippen molar-refractivity contribution in [2.24, 2.45) is 0 Å². The van der Waals surface area contributed by atoms with Gasteiger partial charge in [-0.2, -0.15) is 0 Å². The quantitative estimate of drug-likeness (QED) is 0.202. The van der Waals surface area contributed by atoms with Crippen molar-refractivity contribution < 1.29 is 0 Å². The van der Waals surface area contributed by atoms with E-state index in [0.29, 0.717) is 0 Å². The Hall–Kier alpha value is -2.52. The number of allylic oxidation sites excluding steroid dienone is 14. The van der Waals surface area contributed by atoms with E-state index in [1.807, 2.05) is 19.9 Å². The van der Waals surface area contributed by atoms with E-state index in [0.717, 1.165) is 30.4 Å². The fourth-order valence-electron chi connectivity index (χ4n) is 2.09. The summed E-state index contributed by atoms with van der Waals surface area (Å²) in [4.78, 5) is 0. The van der Waals surface area contributed by atoms with E-state index < -0.39 is 0 Å². The van der Waals surface area contributed by atoms with E-state index in [2.05, 4.69) is 112 Å². The van der Waals surface area contributed by atoms with E-state index >= 15 is 0 Å². The minimum atomic E-state index is 0.815. The summed E-state index contributed by atoms with van der Waals surface area (Å²) in [5.74, 6) is 2.74. The first-order valence-electron chi connectivity index (χ1n) is 11.6. The van der Waals surface area contributed by atoms with Crippen LogP contribution in [0.15, 0.2) is 94.2 Å². The van der Waals surface area contributed by atoms with Crippen molar-refractivity contribution >= 4 is 0 Å². The first-order valence-corrected chi connectivity index (χ1v) is 11.6. The SMILES string of the molecule is C#C/C(CC(=C)C)=C(C)\C=C(\C)CC.C=CC/C(C)=C/C=C(C)/C(C)=C/C.CC=C(C)C. The largest absolute Gasteiger partial charge is 0.115 e. The third-order valence-corrected chi connectivity index (χ3v) is 4.87. The van der Waals surface area contributed by atoms with Gasteiger partial charge < -0.3 is 0 Å². The Balaban J connectivity index is -0.000000436. The normalized spacial score (nSPS) is 12.8. The summed E-state index contributed by atoms with van der Waals surface area (Å²) in [5.41, 5.74) is 10.1. The molecule has 0 N–H and O–H groups in total. The number of rotatable bonds is 8. The molecule has 0 unspecified atom stereocenters. The molecule has 0 spiro atoms. The Morgan fingerprint density at radius 1 is 0.844 bits per heavy atom. The summed E-state index contributed by atoms with van der Waals surface area (Å²) in [7, 11) is 0. The van der Waals surface area contributed by atoms with Crippen LogP contribution < -0.4 is 0 Å². The zero-order valence-electron chi connectivity index (χ0n) is 23.1. The molecule has 32 heavy (non-hydrogen) atoms. The monoisotopic (exact) mass is 434 g/mol. The molecule has 0 saturated carbocycles. The maximum absolute atomic E-state index is 5.46. The van der Waals surface area contributed by atoms with Crippen LogP contribution in [0.25, 0.3) is 0 Å². The molecular formula is C32H50. The van der Waals surface area contributed by atoms with Crippen LogP contribution in [-0.2, 0) is 0 Å². The molecule has 0 nitrogen and oxygen atoms in total. The van der Waals surface area contributed by atoms with E-state index in [4.69, 9.17) is 6.42 Å². The number of hydrogen-bond acceptors (Lipinski definition) is 0. The van der Waals surface area contributed by atoms with Gasteiger partial charge in [-0.3, -0.25) is 0 Å². The maximum atomic E-state index is 5.46. The highest BCUT2D eigenvalue weighted by atomic mass is 14.0. The van der Waals surface area contributed by atoms with Gasteiger partial charge in [0.25, 0.3) is 0 Å². The molecule has 0 atom stereocenters. The molecule has 0 saturated heterocycles. The van der Waals surface area contributed by atoms with Crippen LogP contribution in [0.5, 0.6) is 0 Å². The molecule has 0 amide bonds. The van der Waals surface area contributed by atoms with Gasteiger partial charge in [-0.1, -0.05) is 83.7 Å². The fourth-order valence-corrected chi connectivity index (χ4v) is 2.09. The molecule has 0 aliphatic heterocycles. The van der Waals surface area contributed by atoms with Crippen LogP contribution in [0.1, 0.15) is 95.4 Å². The average molecular weight is 435 g/mol. The maximum Gasteiger partial charge on any atom is 0.00870 e. The number of hydrogen-bond donors (Lipinski definition) is 0. The summed E-state index contributed by atoms with van der Waals surface area (Å²) < 4.78 is 0. The van der Waals surface area contributed by atoms with Crippen LogP contribution in [0.4, 0.5) is 0 Å². The van der Waals surface area contributed by atoms with Crippen molar-refractivity contribution in [3.63, 3.8) is 0 Å². The van der Waals surface area contributed by atoms with Crippen LogP contribution in [0.2, 0.25) is 0 Å². The van der Waals surface area contributed by atoms with Gasteiger partial charge in [0.05, 0.1) is 0 Å². The summed E-state index contributed by atoms with van der Waals surface area (Å²) in [6.07, 6.45) is 20.9. The molecule has 0 heterocycles. The van der Waals surface area contributed by atoms with Gasteiger partial charge in [0.2, 0.25) is 0 Å². The second kappa shape index (κ2) is 21.7. The summed E-state index contributed by atoms with van der Waals surface area (Å²) in [6.45, 7) is 30.6. The van der Waals surface area contributed by atoms with E-state index in [-0.39, 0.29) is 0 Å². The molecule has 0 heteroatoms. The van der Waals surface area contributed by atoms with Crippen molar-refractivity contribution in [3.8, 4) is 12.3 Å². The first-order chi connectivity index (χ1) is 14.9. The molecule has 0 aliphatic rings. The summed E-state index contributed by atoms with van der Waals surface area (Å²) in [6, 6.07) is 0. The fraction of sp³-hybridized carbons (Fsp3) is 0.438. The molecular weight excluding hydrogens is 384 g/mol. The van der Waals surface area contributed by atoms with Crippen LogP contribution >= 0.6 is 0 Å². The molecule has 0 aromatic heterocycles. The van der Waals surface area contributed by atoms with Crippen LogP contribution in [-0.4, -0.2) is 0 Å². The Kier molecular flexibility index (Phi) is 23.1. The molecule has 0 aliphatic carbocycles. The van der Waals surface area contributed by atoms with Crippen molar-refractivity contribution in [2.45, 2.75) is 95.4 Å². The Morgan fingerprint density at radius 2 is 1.38 bits per heavy atom. The lowest BCUT2D eigenvalue weighted by molar-refractivity contribution is 1.08. The molecule has 178 valence electrons. The van der Waals surface area contributed by atoms with Gasteiger partial charge in [-0.05, 0) is 93.2 Å². The predicted octanol–water partition coefficient (Wildman–Crippen LogP) is 10.7. The van der Waals surface area contributed by atoms with Gasteiger partial charge in [0.1, 0.15) is 0 Å². The zero-order chi connectivity index (χ0) is 25.7. The highest BCUT2D eigenvalue weighted by Gasteiger charge is 1.98. The second-order valence-corrected chi connectivity index (χ2v) is 8.48. The minimum Gasteiger partial charge on any atom is -0.115 e. The van der Waals surface area contributed by atoms with Gasteiger partial charge in [0.15, 0.2) is 0 Å². The molecule has 0 bridgehead atoms. The Labute approximate surface area is 202 Å². The standard InChI is InChI=1S/C14H20.C13H20.C5H10/c1-7-12(5)10-13(6)14(8-2)9-11(3)4;1-6-8-11(3)9-10-13(5)12(4)7-2;1-4-5(2)3/h2,10H,3,7,9H2,1,4-6H3;6-7,9-10H,1,8H2,2-5H3;4H,1-3H3/b12-10-,14-13+;11-9+,12-7+,13-10+;. The zero-order valence-corrected chi connectivity index (χ0v) is 23.1. The van der Waals surface area contributed by atoms with Gasteiger partial charge in [-0.15, -0.1) is 13.0 Å². The lowest BCUT2D eigenvalue weighted by atomic mass is 10.0. The van der Waals surface area contributed by atoms with Crippen LogP contribution in [0, 0.1) is 12.3 Å². The third kappa shape index (κ3) is 22.2. The topological polar surface area (TPSA) is 0 Å². The third-order valence-electron chi connectivity index (χ3n) is 4.87. The molecule has 0 aromatic rings. The van der Waals surface area contributed by atoms with Gasteiger partial charge >= 0.3 is 0 Å². The smallest absolute Gasteiger partial charge is 0.00870 e. The summed E-state index contributed by atoms with van der Waals surface area (Å²) in [5, 5.41) is 0. The highest BCUT2D eigenvalue weighted by Crippen LogP contribution is 2.16. The lowest BCUT2D eigenvalue weighted by Gasteiger charge is -2.04. The lowest BCUT2D eigenvalue weighted by Crippen LogP contribution is -1.86. The Bertz CT molecular complexity index is 785. The Morgan fingerprint density at radius 3 is 1.72 bits per heavy atom. The van der Waals surface area contributed by atoms with E-state index in [1.54, 1.807) is 0 Å². The van der Waals surface area contributed by atoms with Crippen molar-refractivity contribution in [1.29, 1.82) is 0 Å². The van der Waals surface area contributed by atoms with Crippen molar-refractivity contribution in [3.05, 3.63) is 94.2 Å². The molecule has 0 fully saturated rings. The predicted molar refractivity (Wildman–Crippen MR) is 152 cm³/mol. The molecule has 0 rings (SSSR count). The van der Waals surface area contributed by atoms with Crippen molar-refractivity contribution in [2.75, 3.05) is 0 Å². The average Bonchev–Trinajstić information content (AvgIpc) is 2.75. The highest BCUT2D eigenvalue weighted by molar-refractivity contribution is 5.39. The van der Waals surface area contributed by atoms with Crippen molar-refractivity contribution in [1.82, 2.24) is 0 Å². The molecule has 0 radical (unpaired) electrons.